The minimum Gasteiger partial charge on any atom is -0.398 e. The molecule has 1 aromatic heterocycles. The Kier molecular flexibility index (Phi) is 3.92. The van der Waals surface area contributed by atoms with Crippen molar-refractivity contribution in [2.24, 2.45) is 0 Å². The molecule has 2 N–H and O–H groups in total. The average Bonchev–Trinajstić information content (AvgIpc) is 2.99. The molecule has 1 saturated carbocycles. The second-order valence-electron chi connectivity index (χ2n) is 5.65. The molecule has 0 saturated heterocycles. The minimum absolute atomic E-state index is 0.373. The van der Waals surface area contributed by atoms with Gasteiger partial charge in [0.2, 0.25) is 11.7 Å². The third-order valence-electron chi connectivity index (χ3n) is 4.32. The van der Waals surface area contributed by atoms with Crippen molar-refractivity contribution in [2.75, 3.05) is 12.8 Å². The van der Waals surface area contributed by atoms with Gasteiger partial charge in [0, 0.05) is 12.8 Å². The maximum Gasteiger partial charge on any atom is 0.231 e. The Balaban J connectivity index is 1.81. The van der Waals surface area contributed by atoms with Crippen LogP contribution in [-0.2, 0) is 16.8 Å². The summed E-state index contributed by atoms with van der Waals surface area (Å²) < 4.78 is 11.1. The van der Waals surface area contributed by atoms with Gasteiger partial charge in [-0.1, -0.05) is 42.6 Å². The smallest absolute Gasteiger partial charge is 0.231 e. The molecular weight excluding hydrogens is 266 g/mol. The molecule has 21 heavy (non-hydrogen) atoms. The quantitative estimate of drug-likeness (QED) is 0.875. The lowest BCUT2D eigenvalue weighted by molar-refractivity contribution is -0.0527. The van der Waals surface area contributed by atoms with Gasteiger partial charge in [0.25, 0.3) is 0 Å². The maximum absolute atomic E-state index is 5.96. The molecule has 1 aromatic carbocycles. The van der Waals surface area contributed by atoms with Crippen molar-refractivity contribution in [3.05, 3.63) is 41.5 Å². The Morgan fingerprint density at radius 2 is 2.00 bits per heavy atom. The molecule has 112 valence electrons. The van der Waals surface area contributed by atoms with E-state index in [1.807, 2.05) is 24.3 Å². The van der Waals surface area contributed by atoms with Crippen LogP contribution in [0, 0.1) is 0 Å². The Morgan fingerprint density at radius 1 is 1.24 bits per heavy atom. The summed E-state index contributed by atoms with van der Waals surface area (Å²) in [5, 5.41) is 4.16. The fourth-order valence-corrected chi connectivity index (χ4v) is 3.01. The Bertz CT molecular complexity index is 603. The third kappa shape index (κ3) is 2.78. The van der Waals surface area contributed by atoms with Crippen LogP contribution >= 0.6 is 0 Å². The van der Waals surface area contributed by atoms with E-state index in [1.54, 1.807) is 7.11 Å². The van der Waals surface area contributed by atoms with Crippen LogP contribution in [0.4, 0.5) is 5.69 Å². The Labute approximate surface area is 124 Å². The van der Waals surface area contributed by atoms with Crippen molar-refractivity contribution in [3.8, 4) is 0 Å². The number of methoxy groups -OCH3 is 1. The molecule has 1 aliphatic carbocycles. The van der Waals surface area contributed by atoms with Crippen molar-refractivity contribution >= 4 is 5.69 Å². The summed E-state index contributed by atoms with van der Waals surface area (Å²) in [7, 11) is 1.73. The summed E-state index contributed by atoms with van der Waals surface area (Å²) >= 11 is 0. The van der Waals surface area contributed by atoms with E-state index in [9.17, 15) is 0 Å². The molecule has 0 radical (unpaired) electrons. The van der Waals surface area contributed by atoms with Crippen LogP contribution in [0.15, 0.2) is 28.8 Å². The van der Waals surface area contributed by atoms with E-state index in [0.29, 0.717) is 18.1 Å². The van der Waals surface area contributed by atoms with E-state index in [4.69, 9.17) is 15.0 Å². The van der Waals surface area contributed by atoms with E-state index < -0.39 is 0 Å². The summed E-state index contributed by atoms with van der Waals surface area (Å²) in [6, 6.07) is 7.73. The molecule has 2 aromatic rings. The van der Waals surface area contributed by atoms with Crippen LogP contribution in [0.2, 0.25) is 0 Å². The fourth-order valence-electron chi connectivity index (χ4n) is 3.01. The lowest BCUT2D eigenvalue weighted by atomic mass is 9.84. The largest absolute Gasteiger partial charge is 0.398 e. The molecule has 0 spiro atoms. The SMILES string of the molecule is COC1(c2noc(Cc3ccccc3N)n2)CCCCC1. The highest BCUT2D eigenvalue weighted by Gasteiger charge is 2.38. The Morgan fingerprint density at radius 3 is 2.71 bits per heavy atom. The van der Waals surface area contributed by atoms with Crippen LogP contribution in [-0.4, -0.2) is 17.3 Å². The third-order valence-corrected chi connectivity index (χ3v) is 4.32. The first-order chi connectivity index (χ1) is 10.2. The predicted molar refractivity (Wildman–Crippen MR) is 79.7 cm³/mol. The van der Waals surface area contributed by atoms with Gasteiger partial charge in [-0.2, -0.15) is 4.98 Å². The van der Waals surface area contributed by atoms with E-state index in [1.165, 1.54) is 6.42 Å². The van der Waals surface area contributed by atoms with Gasteiger partial charge in [-0.05, 0) is 24.5 Å². The lowest BCUT2D eigenvalue weighted by Gasteiger charge is -2.32. The van der Waals surface area contributed by atoms with E-state index in [-0.39, 0.29) is 5.60 Å². The summed E-state index contributed by atoms with van der Waals surface area (Å²) in [5.41, 5.74) is 7.33. The number of nitrogens with two attached hydrogens (primary N) is 1. The van der Waals surface area contributed by atoms with E-state index in [2.05, 4.69) is 10.1 Å². The van der Waals surface area contributed by atoms with Gasteiger partial charge in [0.15, 0.2) is 0 Å². The predicted octanol–water partition coefficient (Wildman–Crippen LogP) is 3.05. The molecule has 5 heteroatoms. The van der Waals surface area contributed by atoms with Crippen molar-refractivity contribution in [3.63, 3.8) is 0 Å². The number of anilines is 1. The van der Waals surface area contributed by atoms with Crippen molar-refractivity contribution in [1.82, 2.24) is 10.1 Å². The van der Waals surface area contributed by atoms with Crippen molar-refractivity contribution < 1.29 is 9.26 Å². The number of rotatable bonds is 4. The molecule has 0 bridgehead atoms. The molecule has 5 nitrogen and oxygen atoms in total. The molecular formula is C16H21N3O2. The summed E-state index contributed by atoms with van der Waals surface area (Å²) in [6.07, 6.45) is 5.99. The summed E-state index contributed by atoms with van der Waals surface area (Å²) in [5.74, 6) is 1.26. The molecule has 1 fully saturated rings. The van der Waals surface area contributed by atoms with Crippen LogP contribution in [0.25, 0.3) is 0 Å². The van der Waals surface area contributed by atoms with Crippen molar-refractivity contribution in [2.45, 2.75) is 44.1 Å². The Hall–Kier alpha value is -1.88. The molecule has 0 aliphatic heterocycles. The van der Waals surface area contributed by atoms with E-state index >= 15 is 0 Å². The highest BCUT2D eigenvalue weighted by molar-refractivity contribution is 5.47. The number of ether oxygens (including phenoxy) is 1. The zero-order valence-corrected chi connectivity index (χ0v) is 12.3. The first-order valence-corrected chi connectivity index (χ1v) is 7.45. The zero-order chi connectivity index (χ0) is 14.7. The number of benzene rings is 1. The van der Waals surface area contributed by atoms with Crippen molar-refractivity contribution in [1.29, 1.82) is 0 Å². The average molecular weight is 287 g/mol. The van der Waals surface area contributed by atoms with Gasteiger partial charge in [-0.15, -0.1) is 0 Å². The summed E-state index contributed by atoms with van der Waals surface area (Å²) in [4.78, 5) is 4.55. The first kappa shape index (κ1) is 14.1. The number of aromatic nitrogens is 2. The van der Waals surface area contributed by atoms with Gasteiger partial charge in [0.05, 0.1) is 6.42 Å². The van der Waals surface area contributed by atoms with Gasteiger partial charge >= 0.3 is 0 Å². The summed E-state index contributed by atoms with van der Waals surface area (Å²) in [6.45, 7) is 0. The number of hydrogen-bond acceptors (Lipinski definition) is 5. The second kappa shape index (κ2) is 5.85. The normalized spacial score (nSPS) is 17.8. The highest BCUT2D eigenvalue weighted by Crippen LogP contribution is 2.38. The van der Waals surface area contributed by atoms with Crippen LogP contribution in [0.5, 0.6) is 0 Å². The van der Waals surface area contributed by atoms with Crippen LogP contribution < -0.4 is 5.73 Å². The lowest BCUT2D eigenvalue weighted by Crippen LogP contribution is -2.32. The van der Waals surface area contributed by atoms with Gasteiger partial charge < -0.3 is 15.0 Å². The maximum atomic E-state index is 5.96. The topological polar surface area (TPSA) is 74.2 Å². The number of nitrogens with zero attached hydrogens (tertiary/aromatic N) is 2. The molecule has 0 amide bonds. The van der Waals surface area contributed by atoms with Crippen LogP contribution in [0.1, 0.15) is 49.4 Å². The van der Waals surface area contributed by atoms with Crippen LogP contribution in [0.3, 0.4) is 0 Å². The number of para-hydroxylation sites is 1. The molecule has 0 atom stereocenters. The zero-order valence-electron chi connectivity index (χ0n) is 12.3. The van der Waals surface area contributed by atoms with Gasteiger partial charge in [-0.3, -0.25) is 0 Å². The molecule has 0 unspecified atom stereocenters. The van der Waals surface area contributed by atoms with E-state index in [0.717, 1.165) is 36.9 Å². The minimum atomic E-state index is -0.373. The first-order valence-electron chi connectivity index (χ1n) is 7.45. The number of nitrogen functional groups attached to an aromatic ring is 1. The van der Waals surface area contributed by atoms with Gasteiger partial charge in [0.1, 0.15) is 5.60 Å². The molecule has 1 heterocycles. The monoisotopic (exact) mass is 287 g/mol. The van der Waals surface area contributed by atoms with Gasteiger partial charge in [-0.25, -0.2) is 0 Å². The molecule has 3 rings (SSSR count). The second-order valence-corrected chi connectivity index (χ2v) is 5.65. The molecule has 1 aliphatic rings. The standard InChI is InChI=1S/C16H21N3O2/c1-20-16(9-5-2-6-10-16)15-18-14(21-19-15)11-12-7-3-4-8-13(12)17/h3-4,7-8H,2,5-6,9-11,17H2,1H3. The highest BCUT2D eigenvalue weighted by atomic mass is 16.5. The number of hydrogen-bond donors (Lipinski definition) is 1. The fraction of sp³-hybridized carbons (Fsp3) is 0.500.